The van der Waals surface area contributed by atoms with Crippen LogP contribution in [0.25, 0.3) is 0 Å². The van der Waals surface area contributed by atoms with E-state index < -0.39 is 5.92 Å². The molecule has 1 atom stereocenters. The molecule has 1 N–H and O–H groups in total. The second-order valence-corrected chi connectivity index (χ2v) is 5.17. The van der Waals surface area contributed by atoms with Crippen molar-refractivity contribution in [1.82, 2.24) is 5.32 Å². The molecule has 94 valence electrons. The highest BCUT2D eigenvalue weighted by Crippen LogP contribution is 2.36. The molecule has 0 radical (unpaired) electrons. The molecule has 1 rings (SSSR count). The number of hydrogen-bond acceptors (Lipinski definition) is 1. The van der Waals surface area contributed by atoms with Gasteiger partial charge in [-0.15, -0.1) is 0 Å². The van der Waals surface area contributed by atoms with Crippen LogP contribution in [0.4, 0.5) is 8.78 Å². The number of carbonyl (C=O) groups excluding carboxylic acids is 1. The van der Waals surface area contributed by atoms with E-state index in [1.165, 1.54) is 0 Å². The number of nitrogens with one attached hydrogen (secondary N) is 1. The molecular weight excluding hydrogens is 212 g/mol. The van der Waals surface area contributed by atoms with Crippen LogP contribution in [-0.4, -0.2) is 17.9 Å². The maximum Gasteiger partial charge on any atom is 0.248 e. The van der Waals surface area contributed by atoms with E-state index in [-0.39, 0.29) is 30.7 Å². The number of carbonyl (C=O) groups is 1. The highest BCUT2D eigenvalue weighted by Gasteiger charge is 2.37. The normalized spacial score (nSPS) is 23.1. The average Bonchev–Trinajstić information content (AvgIpc) is 2.17. The van der Waals surface area contributed by atoms with Crippen LogP contribution in [0.15, 0.2) is 0 Å². The topological polar surface area (TPSA) is 29.1 Å². The van der Waals surface area contributed by atoms with Crippen LogP contribution in [0.3, 0.4) is 0 Å². The minimum absolute atomic E-state index is 0.0586. The molecule has 0 heterocycles. The summed E-state index contributed by atoms with van der Waals surface area (Å²) >= 11 is 0. The molecule has 0 saturated heterocycles. The molecule has 16 heavy (non-hydrogen) atoms. The number of hydrogen-bond donors (Lipinski definition) is 1. The lowest BCUT2D eigenvalue weighted by molar-refractivity contribution is -0.130. The highest BCUT2D eigenvalue weighted by atomic mass is 19.3. The maximum absolute atomic E-state index is 12.9. The van der Waals surface area contributed by atoms with Gasteiger partial charge in [0.05, 0.1) is 0 Å². The van der Waals surface area contributed by atoms with Crippen molar-refractivity contribution in [3.63, 3.8) is 0 Å². The van der Waals surface area contributed by atoms with Gasteiger partial charge in [-0.1, -0.05) is 13.8 Å². The third-order valence-electron chi connectivity index (χ3n) is 3.46. The summed E-state index contributed by atoms with van der Waals surface area (Å²) in [6.45, 7) is 6.00. The van der Waals surface area contributed by atoms with E-state index in [1.54, 1.807) is 0 Å². The van der Waals surface area contributed by atoms with Crippen LogP contribution in [0.1, 0.15) is 46.5 Å². The third kappa shape index (κ3) is 3.72. The van der Waals surface area contributed by atoms with Crippen molar-refractivity contribution in [2.75, 3.05) is 0 Å². The summed E-state index contributed by atoms with van der Waals surface area (Å²) in [5.41, 5.74) is 0. The molecule has 1 saturated carbocycles. The van der Waals surface area contributed by atoms with E-state index >= 15 is 0 Å². The minimum atomic E-state index is -2.56. The molecule has 0 unspecified atom stereocenters. The molecule has 1 fully saturated rings. The lowest BCUT2D eigenvalue weighted by atomic mass is 9.86. The van der Waals surface area contributed by atoms with Crippen molar-refractivity contribution in [3.05, 3.63) is 0 Å². The van der Waals surface area contributed by atoms with Gasteiger partial charge in [-0.05, 0) is 25.7 Å². The first kappa shape index (κ1) is 13.4. The van der Waals surface area contributed by atoms with Crippen LogP contribution in [0.2, 0.25) is 0 Å². The van der Waals surface area contributed by atoms with Crippen molar-refractivity contribution in [2.24, 2.45) is 11.8 Å². The fraction of sp³-hybridized carbons (Fsp3) is 0.917. The first-order valence-electron chi connectivity index (χ1n) is 6.00. The van der Waals surface area contributed by atoms with Gasteiger partial charge >= 0.3 is 0 Å². The van der Waals surface area contributed by atoms with Crippen molar-refractivity contribution >= 4 is 5.91 Å². The minimum Gasteiger partial charge on any atom is -0.353 e. The summed E-state index contributed by atoms with van der Waals surface area (Å²) in [6.07, 6.45) is 0.315. The molecule has 1 aliphatic carbocycles. The van der Waals surface area contributed by atoms with Crippen LogP contribution < -0.4 is 5.32 Å². The van der Waals surface area contributed by atoms with Gasteiger partial charge in [0.2, 0.25) is 11.8 Å². The number of halogens is 2. The van der Waals surface area contributed by atoms with Crippen LogP contribution >= 0.6 is 0 Å². The average molecular weight is 233 g/mol. The largest absolute Gasteiger partial charge is 0.353 e. The Hall–Kier alpha value is -0.670. The lowest BCUT2D eigenvalue weighted by Crippen LogP contribution is -2.42. The van der Waals surface area contributed by atoms with Gasteiger partial charge in [0, 0.05) is 24.8 Å². The second kappa shape index (κ2) is 5.11. The van der Waals surface area contributed by atoms with Gasteiger partial charge in [-0.25, -0.2) is 8.78 Å². The van der Waals surface area contributed by atoms with Crippen LogP contribution in [0, 0.1) is 11.8 Å². The van der Waals surface area contributed by atoms with E-state index in [9.17, 15) is 13.6 Å². The molecule has 2 nitrogen and oxygen atoms in total. The number of alkyl halides is 2. The monoisotopic (exact) mass is 233 g/mol. The lowest BCUT2D eigenvalue weighted by Gasteiger charge is -2.29. The van der Waals surface area contributed by atoms with Gasteiger partial charge in [-0.3, -0.25) is 4.79 Å². The summed E-state index contributed by atoms with van der Waals surface area (Å²) in [6, 6.07) is 0.106. The van der Waals surface area contributed by atoms with E-state index in [1.807, 2.05) is 20.8 Å². The molecule has 0 aromatic heterocycles. The Bertz CT molecular complexity index is 243. The summed E-state index contributed by atoms with van der Waals surface area (Å²) in [5, 5.41) is 2.89. The SMILES string of the molecule is CC(C)[C@@H](C)NC(=O)C1CCC(F)(F)CC1. The Kier molecular flexibility index (Phi) is 4.28. The van der Waals surface area contributed by atoms with Crippen molar-refractivity contribution in [2.45, 2.75) is 58.4 Å². The maximum atomic E-state index is 12.9. The van der Waals surface area contributed by atoms with Gasteiger partial charge in [0.1, 0.15) is 0 Å². The molecule has 0 aromatic rings. The van der Waals surface area contributed by atoms with Gasteiger partial charge in [0.15, 0.2) is 0 Å². The van der Waals surface area contributed by atoms with E-state index in [0.717, 1.165) is 0 Å². The van der Waals surface area contributed by atoms with E-state index in [4.69, 9.17) is 0 Å². The molecule has 0 aromatic carbocycles. The predicted octanol–water partition coefficient (Wildman–Crippen LogP) is 2.97. The van der Waals surface area contributed by atoms with Gasteiger partial charge < -0.3 is 5.32 Å². The zero-order valence-electron chi connectivity index (χ0n) is 10.2. The zero-order chi connectivity index (χ0) is 12.3. The Morgan fingerprint density at radius 2 is 1.75 bits per heavy atom. The Morgan fingerprint density at radius 1 is 1.25 bits per heavy atom. The van der Waals surface area contributed by atoms with E-state index in [0.29, 0.717) is 18.8 Å². The molecular formula is C12H21F2NO. The summed E-state index contributed by atoms with van der Waals surface area (Å²) in [5.74, 6) is -2.47. The van der Waals surface area contributed by atoms with E-state index in [2.05, 4.69) is 5.32 Å². The fourth-order valence-corrected chi connectivity index (χ4v) is 1.81. The quantitative estimate of drug-likeness (QED) is 0.797. The standard InChI is InChI=1S/C12H21F2NO/c1-8(2)9(3)15-11(16)10-4-6-12(13,14)7-5-10/h8-10H,4-7H2,1-3H3,(H,15,16)/t9-/m1/s1. The van der Waals surface area contributed by atoms with Gasteiger partial charge in [-0.2, -0.15) is 0 Å². The summed E-state index contributed by atoms with van der Waals surface area (Å²) in [4.78, 5) is 11.8. The highest BCUT2D eigenvalue weighted by molar-refractivity contribution is 5.79. The first-order valence-corrected chi connectivity index (χ1v) is 6.00. The van der Waals surface area contributed by atoms with Crippen LogP contribution in [0.5, 0.6) is 0 Å². The number of amides is 1. The molecule has 0 spiro atoms. The van der Waals surface area contributed by atoms with Crippen molar-refractivity contribution in [1.29, 1.82) is 0 Å². The molecule has 0 aliphatic heterocycles. The smallest absolute Gasteiger partial charge is 0.248 e. The second-order valence-electron chi connectivity index (χ2n) is 5.17. The molecule has 1 aliphatic rings. The van der Waals surface area contributed by atoms with Gasteiger partial charge in [0.25, 0.3) is 0 Å². The van der Waals surface area contributed by atoms with Crippen molar-refractivity contribution < 1.29 is 13.6 Å². The summed E-state index contributed by atoms with van der Waals surface area (Å²) < 4.78 is 25.8. The fourth-order valence-electron chi connectivity index (χ4n) is 1.81. The predicted molar refractivity (Wildman–Crippen MR) is 59.3 cm³/mol. The molecule has 4 heteroatoms. The third-order valence-corrected chi connectivity index (χ3v) is 3.46. The first-order chi connectivity index (χ1) is 7.32. The molecule has 0 bridgehead atoms. The Balaban J connectivity index is 2.39. The van der Waals surface area contributed by atoms with Crippen LogP contribution in [-0.2, 0) is 4.79 Å². The Morgan fingerprint density at radius 3 is 2.19 bits per heavy atom. The van der Waals surface area contributed by atoms with Crippen molar-refractivity contribution in [3.8, 4) is 0 Å². The zero-order valence-corrected chi connectivity index (χ0v) is 10.2. The Labute approximate surface area is 95.8 Å². The number of rotatable bonds is 3. The summed E-state index contributed by atoms with van der Waals surface area (Å²) in [7, 11) is 0. The molecule has 1 amide bonds.